The molecule has 1 aromatic heterocycles. The summed E-state index contributed by atoms with van der Waals surface area (Å²) in [6.07, 6.45) is 1.31. The maximum absolute atomic E-state index is 14.5. The highest BCUT2D eigenvalue weighted by Gasteiger charge is 2.22. The molecule has 0 unspecified atom stereocenters. The van der Waals surface area contributed by atoms with Crippen molar-refractivity contribution in [3.05, 3.63) is 129 Å². The van der Waals surface area contributed by atoms with E-state index in [1.807, 2.05) is 60.7 Å². The van der Waals surface area contributed by atoms with Crippen LogP contribution in [0.2, 0.25) is 0 Å². The molecule has 0 bridgehead atoms. The lowest BCUT2D eigenvalue weighted by molar-refractivity contribution is 0.510. The molecule has 0 fully saturated rings. The van der Waals surface area contributed by atoms with E-state index in [0.717, 1.165) is 21.8 Å². The predicted molar refractivity (Wildman–Crippen MR) is 111 cm³/mol. The van der Waals surface area contributed by atoms with Crippen LogP contribution in [0.5, 0.6) is 0 Å². The Morgan fingerprint density at radius 3 is 1.87 bits per heavy atom. The first-order valence-electron chi connectivity index (χ1n) is 9.35. The van der Waals surface area contributed by atoms with Crippen LogP contribution in [-0.2, 0) is 7.05 Å². The highest BCUT2D eigenvalue weighted by Crippen LogP contribution is 2.27. The second-order valence-electron chi connectivity index (χ2n) is 6.92. The molecule has 0 aliphatic heterocycles. The van der Waals surface area contributed by atoms with Gasteiger partial charge in [-0.15, -0.1) is 0 Å². The van der Waals surface area contributed by atoms with Crippen LogP contribution in [0.3, 0.4) is 0 Å². The van der Waals surface area contributed by atoms with Gasteiger partial charge in [0.05, 0.1) is 11.6 Å². The maximum Gasteiger partial charge on any atom is 0.331 e. The van der Waals surface area contributed by atoms with Crippen molar-refractivity contribution < 1.29 is 8.78 Å². The van der Waals surface area contributed by atoms with Crippen molar-refractivity contribution in [2.75, 3.05) is 0 Å². The first-order valence-corrected chi connectivity index (χ1v) is 9.35. The second kappa shape index (κ2) is 7.91. The molecule has 30 heavy (non-hydrogen) atoms. The molecule has 4 rings (SSSR count). The number of aromatic nitrogens is 2. The van der Waals surface area contributed by atoms with Gasteiger partial charge in [0, 0.05) is 18.8 Å². The largest absolute Gasteiger partial charge is 0.331 e. The molecule has 3 aromatic carbocycles. The molecule has 1 heterocycles. The lowest BCUT2D eigenvalue weighted by atomic mass is 9.98. The summed E-state index contributed by atoms with van der Waals surface area (Å²) in [5, 5.41) is 0. The van der Waals surface area contributed by atoms with Crippen molar-refractivity contribution in [3.63, 3.8) is 0 Å². The van der Waals surface area contributed by atoms with E-state index in [0.29, 0.717) is 0 Å². The number of nitrogens with zero attached hydrogens (tertiary/aromatic N) is 2. The van der Waals surface area contributed by atoms with E-state index < -0.39 is 28.9 Å². The minimum atomic E-state index is -1.13. The van der Waals surface area contributed by atoms with Gasteiger partial charge in [-0.05, 0) is 17.2 Å². The molecule has 150 valence electrons. The van der Waals surface area contributed by atoms with Gasteiger partial charge in [0.15, 0.2) is 11.6 Å². The van der Waals surface area contributed by atoms with Crippen LogP contribution in [0.1, 0.15) is 17.2 Å². The van der Waals surface area contributed by atoms with Crippen LogP contribution >= 0.6 is 0 Å². The van der Waals surface area contributed by atoms with Gasteiger partial charge in [-0.2, -0.15) is 0 Å². The Labute approximate surface area is 171 Å². The van der Waals surface area contributed by atoms with E-state index in [-0.39, 0.29) is 11.1 Å². The average Bonchev–Trinajstić information content (AvgIpc) is 2.78. The minimum absolute atomic E-state index is 0.0917. The van der Waals surface area contributed by atoms with Gasteiger partial charge in [-0.3, -0.25) is 13.9 Å². The molecular weight excluding hydrogens is 386 g/mol. The minimum Gasteiger partial charge on any atom is -0.288 e. The van der Waals surface area contributed by atoms with Crippen molar-refractivity contribution in [1.29, 1.82) is 0 Å². The molecule has 6 heteroatoms. The lowest BCUT2D eigenvalue weighted by Gasteiger charge is -2.22. The zero-order valence-electron chi connectivity index (χ0n) is 16.1. The zero-order valence-corrected chi connectivity index (χ0v) is 16.1. The topological polar surface area (TPSA) is 44.0 Å². The number of halogens is 2. The first kappa shape index (κ1) is 19.5. The lowest BCUT2D eigenvalue weighted by Crippen LogP contribution is -2.40. The molecule has 0 saturated heterocycles. The van der Waals surface area contributed by atoms with Crippen LogP contribution in [0.15, 0.2) is 94.6 Å². The van der Waals surface area contributed by atoms with Gasteiger partial charge >= 0.3 is 5.69 Å². The Kier molecular flexibility index (Phi) is 5.14. The van der Waals surface area contributed by atoms with Crippen LogP contribution in [0.25, 0.3) is 11.1 Å². The summed E-state index contributed by atoms with van der Waals surface area (Å²) in [5.41, 5.74) is 0.0966. The van der Waals surface area contributed by atoms with E-state index in [4.69, 9.17) is 0 Å². The molecule has 0 radical (unpaired) electrons. The average molecular weight is 404 g/mol. The van der Waals surface area contributed by atoms with Gasteiger partial charge in [-0.25, -0.2) is 13.6 Å². The summed E-state index contributed by atoms with van der Waals surface area (Å²) >= 11 is 0. The molecule has 4 aromatic rings. The molecule has 0 N–H and O–H groups in total. The van der Waals surface area contributed by atoms with Crippen LogP contribution in [0.4, 0.5) is 8.78 Å². The Hall–Kier alpha value is -3.80. The van der Waals surface area contributed by atoms with Crippen LogP contribution < -0.4 is 11.2 Å². The molecule has 0 aliphatic carbocycles. The fraction of sp³-hybridized carbons (Fsp3) is 0.0833. The number of hydrogen-bond acceptors (Lipinski definition) is 2. The van der Waals surface area contributed by atoms with E-state index in [1.165, 1.54) is 29.9 Å². The number of hydrogen-bond donors (Lipinski definition) is 0. The monoisotopic (exact) mass is 404 g/mol. The van der Waals surface area contributed by atoms with Gasteiger partial charge in [-0.1, -0.05) is 72.8 Å². The van der Waals surface area contributed by atoms with E-state index in [9.17, 15) is 18.4 Å². The third kappa shape index (κ3) is 3.37. The molecule has 0 aliphatic rings. The van der Waals surface area contributed by atoms with Gasteiger partial charge in [0.1, 0.15) is 0 Å². The standard InChI is InChI=1S/C24H18F2N2O2/c1-27-23(29)19(18-13-8-14-20(25)21(18)26)15-28(24(27)30)22(16-9-4-2-5-10-16)17-11-6-3-7-12-17/h2-15,22H,1H3. The molecular formula is C24H18F2N2O2. The fourth-order valence-corrected chi connectivity index (χ4v) is 3.56. The summed E-state index contributed by atoms with van der Waals surface area (Å²) in [4.78, 5) is 25.8. The fourth-order valence-electron chi connectivity index (χ4n) is 3.56. The Balaban J connectivity index is 2.04. The van der Waals surface area contributed by atoms with Crippen LogP contribution in [0, 0.1) is 11.6 Å². The van der Waals surface area contributed by atoms with E-state index >= 15 is 0 Å². The number of rotatable bonds is 4. The molecule has 0 spiro atoms. The summed E-state index contributed by atoms with van der Waals surface area (Å²) < 4.78 is 30.6. The van der Waals surface area contributed by atoms with Crippen molar-refractivity contribution in [2.24, 2.45) is 7.05 Å². The third-order valence-electron chi connectivity index (χ3n) is 5.06. The van der Waals surface area contributed by atoms with E-state index in [2.05, 4.69) is 0 Å². The molecule has 4 nitrogen and oxygen atoms in total. The van der Waals surface area contributed by atoms with Gasteiger partial charge in [0.2, 0.25) is 0 Å². The SMILES string of the molecule is Cn1c(=O)c(-c2cccc(F)c2F)cn(C(c2ccccc2)c2ccccc2)c1=O. The Morgan fingerprint density at radius 2 is 1.30 bits per heavy atom. The van der Waals surface area contributed by atoms with E-state index in [1.54, 1.807) is 0 Å². The van der Waals surface area contributed by atoms with Crippen molar-refractivity contribution >= 4 is 0 Å². The highest BCUT2D eigenvalue weighted by molar-refractivity contribution is 5.62. The molecule has 0 amide bonds. The Morgan fingerprint density at radius 1 is 0.733 bits per heavy atom. The van der Waals surface area contributed by atoms with Crippen molar-refractivity contribution in [1.82, 2.24) is 9.13 Å². The zero-order chi connectivity index (χ0) is 21.3. The smallest absolute Gasteiger partial charge is 0.288 e. The highest BCUT2D eigenvalue weighted by atomic mass is 19.2. The molecule has 0 atom stereocenters. The Bertz CT molecular complexity index is 1270. The third-order valence-corrected chi connectivity index (χ3v) is 5.06. The maximum atomic E-state index is 14.5. The normalized spacial score (nSPS) is 11.1. The second-order valence-corrected chi connectivity index (χ2v) is 6.92. The summed E-state index contributed by atoms with van der Waals surface area (Å²) in [6, 6.07) is 21.7. The quantitative estimate of drug-likeness (QED) is 0.513. The van der Waals surface area contributed by atoms with Crippen LogP contribution in [-0.4, -0.2) is 9.13 Å². The van der Waals surface area contributed by atoms with Gasteiger partial charge in [0.25, 0.3) is 5.56 Å². The number of benzene rings is 3. The van der Waals surface area contributed by atoms with Crippen molar-refractivity contribution in [3.8, 4) is 11.1 Å². The van der Waals surface area contributed by atoms with Gasteiger partial charge < -0.3 is 0 Å². The van der Waals surface area contributed by atoms with Crippen molar-refractivity contribution in [2.45, 2.75) is 6.04 Å². The summed E-state index contributed by atoms with van der Waals surface area (Å²) in [6.45, 7) is 0. The predicted octanol–water partition coefficient (Wildman–Crippen LogP) is 4.13. The first-order chi connectivity index (χ1) is 14.5. The summed E-state index contributed by atoms with van der Waals surface area (Å²) in [7, 11) is 1.33. The summed E-state index contributed by atoms with van der Waals surface area (Å²) in [5.74, 6) is -2.19. The molecule has 0 saturated carbocycles.